The van der Waals surface area contributed by atoms with Crippen LogP contribution in [0.4, 0.5) is 0 Å². The van der Waals surface area contributed by atoms with Gasteiger partial charge in [-0.1, -0.05) is 55.3 Å². The second kappa shape index (κ2) is 7.07. The largest absolute Gasteiger partial charge is 0.480 e. The summed E-state index contributed by atoms with van der Waals surface area (Å²) in [7, 11) is -3.64. The standard InChI is InChI=1S/C16H21NO4S/c18-15(19)16(11-5-6-12-16)17-22(20,21)13-7-4-10-14-8-2-1-3-9-14/h1-4,7-9,17H,5-6,10-13H2,(H,18,19). The number of carboxylic acids is 1. The molecule has 0 heterocycles. The molecule has 0 bridgehead atoms. The summed E-state index contributed by atoms with van der Waals surface area (Å²) in [6, 6.07) is 9.72. The van der Waals surface area contributed by atoms with Gasteiger partial charge in [-0.2, -0.15) is 4.72 Å². The van der Waals surface area contributed by atoms with Crippen LogP contribution in [0, 0.1) is 0 Å². The molecule has 0 aliphatic heterocycles. The Balaban J connectivity index is 1.92. The molecule has 1 saturated carbocycles. The summed E-state index contributed by atoms with van der Waals surface area (Å²) in [5.74, 6) is -1.28. The Kier molecular flexibility index (Phi) is 5.37. The number of nitrogens with one attached hydrogen (secondary N) is 1. The van der Waals surface area contributed by atoms with Crippen LogP contribution < -0.4 is 4.72 Å². The molecule has 0 spiro atoms. The minimum atomic E-state index is -3.64. The third-order valence-electron chi connectivity index (χ3n) is 3.90. The minimum Gasteiger partial charge on any atom is -0.480 e. The smallest absolute Gasteiger partial charge is 0.324 e. The molecule has 0 saturated heterocycles. The highest BCUT2D eigenvalue weighted by molar-refractivity contribution is 7.89. The van der Waals surface area contributed by atoms with Gasteiger partial charge >= 0.3 is 5.97 Å². The number of hydrogen-bond acceptors (Lipinski definition) is 3. The first kappa shape index (κ1) is 16.7. The Morgan fingerprint density at radius 3 is 2.41 bits per heavy atom. The monoisotopic (exact) mass is 323 g/mol. The van der Waals surface area contributed by atoms with Crippen molar-refractivity contribution in [2.75, 3.05) is 5.75 Å². The van der Waals surface area contributed by atoms with E-state index in [-0.39, 0.29) is 5.75 Å². The zero-order chi connectivity index (χ0) is 16.1. The van der Waals surface area contributed by atoms with Crippen LogP contribution in [0.25, 0.3) is 0 Å². The molecule has 0 atom stereocenters. The van der Waals surface area contributed by atoms with Gasteiger partial charge in [-0.05, 0) is 24.8 Å². The molecule has 1 aliphatic carbocycles. The zero-order valence-corrected chi connectivity index (χ0v) is 13.2. The van der Waals surface area contributed by atoms with Crippen molar-refractivity contribution in [1.29, 1.82) is 0 Å². The lowest BCUT2D eigenvalue weighted by molar-refractivity contribution is -0.143. The fourth-order valence-electron chi connectivity index (χ4n) is 2.71. The molecule has 0 amide bonds. The fourth-order valence-corrected chi connectivity index (χ4v) is 4.07. The molecule has 1 fully saturated rings. The van der Waals surface area contributed by atoms with Crippen LogP contribution in [0.15, 0.2) is 42.5 Å². The Hall–Kier alpha value is -1.66. The highest BCUT2D eigenvalue weighted by Gasteiger charge is 2.44. The Morgan fingerprint density at radius 2 is 1.82 bits per heavy atom. The average molecular weight is 323 g/mol. The van der Waals surface area contributed by atoms with Gasteiger partial charge in [0, 0.05) is 0 Å². The topological polar surface area (TPSA) is 83.5 Å². The maximum Gasteiger partial charge on any atom is 0.324 e. The van der Waals surface area contributed by atoms with Gasteiger partial charge < -0.3 is 5.11 Å². The molecule has 1 aliphatic rings. The van der Waals surface area contributed by atoms with Crippen molar-refractivity contribution < 1.29 is 18.3 Å². The lowest BCUT2D eigenvalue weighted by Crippen LogP contribution is -2.52. The Bertz CT molecular complexity index is 631. The SMILES string of the molecule is O=C(O)C1(NS(=O)(=O)CC=CCc2ccccc2)CCCC1. The van der Waals surface area contributed by atoms with E-state index in [0.717, 1.165) is 18.4 Å². The molecular formula is C16H21NO4S. The van der Waals surface area contributed by atoms with E-state index in [9.17, 15) is 18.3 Å². The quantitative estimate of drug-likeness (QED) is 0.753. The number of benzene rings is 1. The first-order valence-electron chi connectivity index (χ1n) is 7.38. The van der Waals surface area contributed by atoms with Crippen LogP contribution in [0.3, 0.4) is 0 Å². The Labute approximate surface area is 131 Å². The maximum atomic E-state index is 12.1. The molecule has 120 valence electrons. The number of allylic oxidation sites excluding steroid dienone is 1. The lowest BCUT2D eigenvalue weighted by Gasteiger charge is -2.24. The van der Waals surface area contributed by atoms with Crippen molar-refractivity contribution in [3.8, 4) is 0 Å². The van der Waals surface area contributed by atoms with E-state index in [0.29, 0.717) is 19.3 Å². The maximum absolute atomic E-state index is 12.1. The summed E-state index contributed by atoms with van der Waals surface area (Å²) in [6.07, 6.45) is 6.19. The molecule has 6 heteroatoms. The lowest BCUT2D eigenvalue weighted by atomic mass is 10.0. The number of hydrogen-bond donors (Lipinski definition) is 2. The molecule has 1 aromatic rings. The normalized spacial score (nSPS) is 17.8. The van der Waals surface area contributed by atoms with Crippen LogP contribution >= 0.6 is 0 Å². The predicted molar refractivity (Wildman–Crippen MR) is 85.0 cm³/mol. The van der Waals surface area contributed by atoms with Gasteiger partial charge in [-0.25, -0.2) is 8.42 Å². The highest BCUT2D eigenvalue weighted by Crippen LogP contribution is 2.30. The predicted octanol–water partition coefficient (Wildman–Crippen LogP) is 2.10. The summed E-state index contributed by atoms with van der Waals surface area (Å²) < 4.78 is 26.6. The van der Waals surface area contributed by atoms with E-state index < -0.39 is 21.5 Å². The van der Waals surface area contributed by atoms with E-state index in [4.69, 9.17) is 0 Å². The van der Waals surface area contributed by atoms with Gasteiger partial charge in [-0.3, -0.25) is 4.79 Å². The van der Waals surface area contributed by atoms with Crippen molar-refractivity contribution in [3.05, 3.63) is 48.0 Å². The molecule has 2 rings (SSSR count). The molecule has 2 N–H and O–H groups in total. The van der Waals surface area contributed by atoms with Crippen LogP contribution in [-0.4, -0.2) is 30.8 Å². The van der Waals surface area contributed by atoms with Gasteiger partial charge in [0.05, 0.1) is 5.75 Å². The van der Waals surface area contributed by atoms with Crippen molar-refractivity contribution in [3.63, 3.8) is 0 Å². The van der Waals surface area contributed by atoms with E-state index >= 15 is 0 Å². The second-order valence-electron chi connectivity index (χ2n) is 5.64. The second-order valence-corrected chi connectivity index (χ2v) is 7.41. The van der Waals surface area contributed by atoms with Gasteiger partial charge in [0.1, 0.15) is 5.54 Å². The van der Waals surface area contributed by atoms with Crippen molar-refractivity contribution in [2.45, 2.75) is 37.6 Å². The number of sulfonamides is 1. The van der Waals surface area contributed by atoms with E-state index in [1.165, 1.54) is 0 Å². The van der Waals surface area contributed by atoms with Gasteiger partial charge in [0.15, 0.2) is 0 Å². The molecule has 5 nitrogen and oxygen atoms in total. The van der Waals surface area contributed by atoms with Crippen molar-refractivity contribution in [1.82, 2.24) is 4.72 Å². The molecule has 0 radical (unpaired) electrons. The van der Waals surface area contributed by atoms with E-state index in [1.807, 2.05) is 30.3 Å². The summed E-state index contributed by atoms with van der Waals surface area (Å²) in [4.78, 5) is 11.4. The van der Waals surface area contributed by atoms with Crippen LogP contribution in [-0.2, 0) is 21.2 Å². The summed E-state index contributed by atoms with van der Waals surface area (Å²) in [5.41, 5.74) is -0.214. The zero-order valence-electron chi connectivity index (χ0n) is 12.4. The van der Waals surface area contributed by atoms with Crippen molar-refractivity contribution >= 4 is 16.0 Å². The number of rotatable bonds is 7. The third-order valence-corrected chi connectivity index (χ3v) is 5.23. The molecule has 0 unspecified atom stereocenters. The third kappa shape index (κ3) is 4.42. The van der Waals surface area contributed by atoms with Gasteiger partial charge in [0.25, 0.3) is 0 Å². The van der Waals surface area contributed by atoms with Crippen LogP contribution in [0.2, 0.25) is 0 Å². The summed E-state index contributed by atoms with van der Waals surface area (Å²) in [6.45, 7) is 0. The van der Waals surface area contributed by atoms with Crippen LogP contribution in [0.5, 0.6) is 0 Å². The molecular weight excluding hydrogens is 302 g/mol. The van der Waals surface area contributed by atoms with Gasteiger partial charge in [-0.15, -0.1) is 0 Å². The first-order valence-corrected chi connectivity index (χ1v) is 9.03. The summed E-state index contributed by atoms with van der Waals surface area (Å²) >= 11 is 0. The van der Waals surface area contributed by atoms with Crippen molar-refractivity contribution in [2.24, 2.45) is 0 Å². The Morgan fingerprint density at radius 1 is 1.18 bits per heavy atom. The van der Waals surface area contributed by atoms with Crippen LogP contribution in [0.1, 0.15) is 31.2 Å². The molecule has 1 aromatic carbocycles. The number of carboxylic acid groups (broad SMARTS) is 1. The van der Waals surface area contributed by atoms with E-state index in [2.05, 4.69) is 4.72 Å². The summed E-state index contributed by atoms with van der Waals surface area (Å²) in [5, 5.41) is 9.30. The minimum absolute atomic E-state index is 0.200. The van der Waals surface area contributed by atoms with E-state index in [1.54, 1.807) is 12.2 Å². The highest BCUT2D eigenvalue weighted by atomic mass is 32.2. The first-order chi connectivity index (χ1) is 10.4. The van der Waals surface area contributed by atoms with Gasteiger partial charge in [0.2, 0.25) is 10.0 Å². The average Bonchev–Trinajstić information content (AvgIpc) is 2.94. The molecule has 0 aromatic heterocycles. The number of carbonyl (C=O) groups is 1. The molecule has 22 heavy (non-hydrogen) atoms. The number of aliphatic carboxylic acids is 1. The fraction of sp³-hybridized carbons (Fsp3) is 0.438.